The van der Waals surface area contributed by atoms with Crippen molar-refractivity contribution in [1.82, 2.24) is 15.5 Å². The monoisotopic (exact) mass is 429 g/mol. The average Bonchev–Trinajstić information content (AvgIpc) is 2.94. The number of amides is 4. The van der Waals surface area contributed by atoms with E-state index < -0.39 is 36.6 Å². The van der Waals surface area contributed by atoms with Crippen LogP contribution in [0.3, 0.4) is 0 Å². The quantitative estimate of drug-likeness (QED) is 0.533. The average molecular weight is 430 g/mol. The fourth-order valence-electron chi connectivity index (χ4n) is 4.28. The fraction of sp³-hybridized carbons (Fsp3) is 0.565. The van der Waals surface area contributed by atoms with Crippen LogP contribution in [-0.4, -0.2) is 47.9 Å². The minimum Gasteiger partial charge on any atom is -0.454 e. The molecule has 1 aliphatic heterocycles. The standard InChI is InChI=1S/C23H31N3O5/c1-14-8-10-17(11-9-14)23(4)21(29)26(22(30)25-23)12-20(28)31-13-19(27)24-18-7-5-6-15(2)16(18)3/h8-11,15-16,18H,5-7,12-13H2,1-4H3,(H,24,27)(H,25,30)/t15-,16-,18-,23+/m0/s1. The summed E-state index contributed by atoms with van der Waals surface area (Å²) in [6, 6.07) is 6.64. The number of carbonyl (C=O) groups excluding carboxylic acids is 4. The van der Waals surface area contributed by atoms with Gasteiger partial charge in [0, 0.05) is 6.04 Å². The van der Waals surface area contributed by atoms with Crippen LogP contribution in [0.5, 0.6) is 0 Å². The van der Waals surface area contributed by atoms with Crippen molar-refractivity contribution in [3.8, 4) is 0 Å². The number of benzene rings is 1. The second-order valence-corrected chi connectivity index (χ2v) is 8.91. The highest BCUT2D eigenvalue weighted by Gasteiger charge is 2.49. The third-order valence-electron chi connectivity index (χ3n) is 6.61. The zero-order valence-electron chi connectivity index (χ0n) is 18.6. The summed E-state index contributed by atoms with van der Waals surface area (Å²) >= 11 is 0. The fourth-order valence-corrected chi connectivity index (χ4v) is 4.28. The van der Waals surface area contributed by atoms with Gasteiger partial charge in [0.2, 0.25) is 0 Å². The van der Waals surface area contributed by atoms with Crippen LogP contribution < -0.4 is 10.6 Å². The summed E-state index contributed by atoms with van der Waals surface area (Å²) in [5, 5.41) is 5.58. The van der Waals surface area contributed by atoms with Crippen molar-refractivity contribution < 1.29 is 23.9 Å². The Morgan fingerprint density at radius 3 is 2.55 bits per heavy atom. The van der Waals surface area contributed by atoms with Crippen LogP contribution in [0.2, 0.25) is 0 Å². The van der Waals surface area contributed by atoms with Crippen molar-refractivity contribution in [1.29, 1.82) is 0 Å². The molecule has 168 valence electrons. The van der Waals surface area contributed by atoms with E-state index in [0.29, 0.717) is 17.4 Å². The predicted molar refractivity (Wildman–Crippen MR) is 114 cm³/mol. The van der Waals surface area contributed by atoms with Crippen LogP contribution in [0.25, 0.3) is 0 Å². The van der Waals surface area contributed by atoms with Gasteiger partial charge in [-0.2, -0.15) is 0 Å². The molecule has 2 aliphatic rings. The molecule has 0 radical (unpaired) electrons. The first-order valence-corrected chi connectivity index (χ1v) is 10.8. The Kier molecular flexibility index (Phi) is 6.67. The smallest absolute Gasteiger partial charge is 0.326 e. The largest absolute Gasteiger partial charge is 0.454 e. The summed E-state index contributed by atoms with van der Waals surface area (Å²) in [4.78, 5) is 50.5. The third-order valence-corrected chi connectivity index (χ3v) is 6.61. The van der Waals surface area contributed by atoms with Crippen LogP contribution in [-0.2, 0) is 24.7 Å². The Morgan fingerprint density at radius 2 is 1.87 bits per heavy atom. The topological polar surface area (TPSA) is 105 Å². The summed E-state index contributed by atoms with van der Waals surface area (Å²) in [5.74, 6) is -0.825. The number of ether oxygens (including phenoxy) is 1. The number of aryl methyl sites for hydroxylation is 1. The molecule has 4 atom stereocenters. The van der Waals surface area contributed by atoms with Gasteiger partial charge >= 0.3 is 12.0 Å². The van der Waals surface area contributed by atoms with Crippen molar-refractivity contribution in [2.24, 2.45) is 11.8 Å². The molecule has 1 aromatic carbocycles. The Hall–Kier alpha value is -2.90. The van der Waals surface area contributed by atoms with Crippen LogP contribution in [0.1, 0.15) is 51.2 Å². The number of carbonyl (C=O) groups is 4. The molecule has 2 fully saturated rings. The lowest BCUT2D eigenvalue weighted by Crippen LogP contribution is -2.45. The number of nitrogens with zero attached hydrogens (tertiary/aromatic N) is 1. The number of hydrogen-bond donors (Lipinski definition) is 2. The molecule has 4 amide bonds. The van der Waals surface area contributed by atoms with E-state index in [0.717, 1.165) is 29.7 Å². The van der Waals surface area contributed by atoms with E-state index in [2.05, 4.69) is 24.5 Å². The van der Waals surface area contributed by atoms with E-state index in [1.54, 1.807) is 19.1 Å². The molecule has 2 N–H and O–H groups in total. The van der Waals surface area contributed by atoms with E-state index in [4.69, 9.17) is 4.74 Å². The summed E-state index contributed by atoms with van der Waals surface area (Å²) in [5.41, 5.74) is 0.401. The van der Waals surface area contributed by atoms with Gasteiger partial charge < -0.3 is 15.4 Å². The first kappa shape index (κ1) is 22.8. The lowest BCUT2D eigenvalue weighted by Gasteiger charge is -2.34. The Balaban J connectivity index is 1.53. The second kappa shape index (κ2) is 9.08. The molecule has 3 rings (SSSR count). The molecule has 8 nitrogen and oxygen atoms in total. The van der Waals surface area contributed by atoms with Gasteiger partial charge in [-0.3, -0.25) is 19.3 Å². The van der Waals surface area contributed by atoms with Crippen LogP contribution in [0, 0.1) is 18.8 Å². The normalized spacial score (nSPS) is 28.3. The molecule has 1 saturated carbocycles. The number of urea groups is 1. The van der Waals surface area contributed by atoms with E-state index in [1.165, 1.54) is 0 Å². The molecule has 1 saturated heterocycles. The molecule has 8 heteroatoms. The molecule has 1 aromatic rings. The minimum atomic E-state index is -1.25. The third kappa shape index (κ3) is 4.89. The van der Waals surface area contributed by atoms with E-state index in [9.17, 15) is 19.2 Å². The van der Waals surface area contributed by atoms with Crippen molar-refractivity contribution in [2.75, 3.05) is 13.2 Å². The van der Waals surface area contributed by atoms with E-state index in [1.807, 2.05) is 19.1 Å². The molecular formula is C23H31N3O5. The first-order chi connectivity index (χ1) is 14.6. The predicted octanol–water partition coefficient (Wildman–Crippen LogP) is 2.25. The van der Waals surface area contributed by atoms with Gasteiger partial charge in [-0.25, -0.2) is 4.79 Å². The highest BCUT2D eigenvalue weighted by molar-refractivity contribution is 6.08. The van der Waals surface area contributed by atoms with Gasteiger partial charge in [-0.15, -0.1) is 0 Å². The number of nitrogens with one attached hydrogen (secondary N) is 2. The lowest BCUT2D eigenvalue weighted by atomic mass is 9.78. The lowest BCUT2D eigenvalue weighted by molar-refractivity contribution is -0.151. The zero-order valence-corrected chi connectivity index (χ0v) is 18.6. The van der Waals surface area contributed by atoms with Gasteiger partial charge in [0.1, 0.15) is 12.1 Å². The van der Waals surface area contributed by atoms with Gasteiger partial charge in [0.15, 0.2) is 6.61 Å². The van der Waals surface area contributed by atoms with Crippen molar-refractivity contribution in [2.45, 2.75) is 58.5 Å². The number of hydrogen-bond acceptors (Lipinski definition) is 5. The van der Waals surface area contributed by atoms with Gasteiger partial charge in [0.05, 0.1) is 0 Å². The maximum atomic E-state index is 12.9. The van der Waals surface area contributed by atoms with Crippen LogP contribution >= 0.6 is 0 Å². The van der Waals surface area contributed by atoms with E-state index >= 15 is 0 Å². The maximum Gasteiger partial charge on any atom is 0.326 e. The summed E-state index contributed by atoms with van der Waals surface area (Å²) in [6.07, 6.45) is 3.11. The van der Waals surface area contributed by atoms with Crippen molar-refractivity contribution in [3.05, 3.63) is 35.4 Å². The molecule has 0 bridgehead atoms. The number of imide groups is 1. The Bertz CT molecular complexity index is 868. The van der Waals surface area contributed by atoms with Gasteiger partial charge in [-0.05, 0) is 37.7 Å². The molecule has 0 unspecified atom stereocenters. The summed E-state index contributed by atoms with van der Waals surface area (Å²) in [7, 11) is 0. The summed E-state index contributed by atoms with van der Waals surface area (Å²) < 4.78 is 5.03. The zero-order chi connectivity index (χ0) is 22.8. The van der Waals surface area contributed by atoms with Crippen molar-refractivity contribution >= 4 is 23.8 Å². The molecule has 1 heterocycles. The van der Waals surface area contributed by atoms with Gasteiger partial charge in [-0.1, -0.05) is 56.5 Å². The molecular weight excluding hydrogens is 398 g/mol. The van der Waals surface area contributed by atoms with Gasteiger partial charge in [0.25, 0.3) is 11.8 Å². The maximum absolute atomic E-state index is 12.9. The highest BCUT2D eigenvalue weighted by atomic mass is 16.5. The second-order valence-electron chi connectivity index (χ2n) is 8.91. The highest BCUT2D eigenvalue weighted by Crippen LogP contribution is 2.30. The number of rotatable bonds is 6. The molecule has 0 spiro atoms. The first-order valence-electron chi connectivity index (χ1n) is 10.8. The van der Waals surface area contributed by atoms with Crippen LogP contribution in [0.4, 0.5) is 4.79 Å². The van der Waals surface area contributed by atoms with Crippen LogP contribution in [0.15, 0.2) is 24.3 Å². The van der Waals surface area contributed by atoms with Crippen molar-refractivity contribution in [3.63, 3.8) is 0 Å². The molecule has 1 aliphatic carbocycles. The van der Waals surface area contributed by atoms with E-state index in [-0.39, 0.29) is 11.9 Å². The summed E-state index contributed by atoms with van der Waals surface area (Å²) in [6.45, 7) is 6.83. The minimum absolute atomic E-state index is 0.0658. The number of esters is 1. The Labute approximate surface area is 182 Å². The SMILES string of the molecule is Cc1ccc([C@@]2(C)NC(=O)N(CC(=O)OCC(=O)N[C@H]3CCC[C@H](C)[C@@H]3C)C2=O)cc1. The molecule has 0 aromatic heterocycles. The molecule has 31 heavy (non-hydrogen) atoms. The Morgan fingerprint density at radius 1 is 1.19 bits per heavy atom.